The van der Waals surface area contributed by atoms with Crippen LogP contribution in [0.4, 0.5) is 0 Å². The van der Waals surface area contributed by atoms with E-state index in [0.717, 1.165) is 22.3 Å². The zero-order valence-corrected chi connectivity index (χ0v) is 10.8. The summed E-state index contributed by atoms with van der Waals surface area (Å²) in [6, 6.07) is 5.98. The van der Waals surface area contributed by atoms with E-state index < -0.39 is 0 Å². The van der Waals surface area contributed by atoms with Crippen LogP contribution in [-0.2, 0) is 7.05 Å². The molecule has 0 spiro atoms. The van der Waals surface area contributed by atoms with Gasteiger partial charge in [0, 0.05) is 25.0 Å². The molecular weight excluding hydrogens is 240 g/mol. The smallest absolute Gasteiger partial charge is 0.0938 e. The Kier molecular flexibility index (Phi) is 2.92. The number of rotatable bonds is 3. The van der Waals surface area contributed by atoms with Gasteiger partial charge in [-0.05, 0) is 13.1 Å². The number of para-hydroxylation sites is 1. The van der Waals surface area contributed by atoms with Crippen molar-refractivity contribution in [3.63, 3.8) is 0 Å². The number of fused-ring (bicyclic) bond motifs is 1. The van der Waals surface area contributed by atoms with E-state index in [0.29, 0.717) is 0 Å². The zero-order valence-electron chi connectivity index (χ0n) is 10.8. The number of aromatic nitrogens is 5. The van der Waals surface area contributed by atoms with Gasteiger partial charge >= 0.3 is 0 Å². The Hall–Kier alpha value is -2.34. The molecule has 0 fully saturated rings. The summed E-state index contributed by atoms with van der Waals surface area (Å²) < 4.78 is 1.76. The van der Waals surface area contributed by atoms with Crippen LogP contribution in [0.3, 0.4) is 0 Å². The van der Waals surface area contributed by atoms with E-state index in [4.69, 9.17) is 0 Å². The maximum absolute atomic E-state index is 4.44. The molecule has 1 N–H and O–H groups in total. The molecule has 0 bridgehead atoms. The van der Waals surface area contributed by atoms with Crippen molar-refractivity contribution in [3.8, 4) is 0 Å². The van der Waals surface area contributed by atoms with Gasteiger partial charge in [0.25, 0.3) is 0 Å². The van der Waals surface area contributed by atoms with Crippen LogP contribution in [0.2, 0.25) is 0 Å². The second-order valence-corrected chi connectivity index (χ2v) is 4.28. The molecule has 0 radical (unpaired) electrons. The Morgan fingerprint density at radius 3 is 2.79 bits per heavy atom. The summed E-state index contributed by atoms with van der Waals surface area (Å²) in [5.41, 5.74) is 3.83. The highest BCUT2D eigenvalue weighted by Crippen LogP contribution is 2.25. The maximum Gasteiger partial charge on any atom is 0.0938 e. The largest absolute Gasteiger partial charge is 0.308 e. The predicted molar refractivity (Wildman–Crippen MR) is 71.4 cm³/mol. The van der Waals surface area contributed by atoms with Crippen LogP contribution >= 0.6 is 0 Å². The van der Waals surface area contributed by atoms with Crippen LogP contribution in [0.25, 0.3) is 11.0 Å². The quantitative estimate of drug-likeness (QED) is 0.757. The number of hydrogen-bond acceptors (Lipinski definition) is 5. The molecule has 0 saturated carbocycles. The van der Waals surface area contributed by atoms with Gasteiger partial charge in [-0.3, -0.25) is 14.6 Å². The monoisotopic (exact) mass is 254 g/mol. The predicted octanol–water partition coefficient (Wildman–Crippen LogP) is 1.07. The van der Waals surface area contributed by atoms with Crippen LogP contribution in [0.15, 0.2) is 36.8 Å². The zero-order chi connectivity index (χ0) is 13.2. The lowest BCUT2D eigenvalue weighted by atomic mass is 10.0. The van der Waals surface area contributed by atoms with Crippen molar-refractivity contribution in [2.75, 3.05) is 7.05 Å². The Morgan fingerprint density at radius 2 is 2.05 bits per heavy atom. The van der Waals surface area contributed by atoms with E-state index in [1.807, 2.05) is 32.3 Å². The molecule has 3 aromatic rings. The molecule has 0 aliphatic rings. The first-order chi connectivity index (χ1) is 9.31. The number of nitrogens with zero attached hydrogens (tertiary/aromatic N) is 5. The molecule has 6 nitrogen and oxygen atoms in total. The molecule has 6 heteroatoms. The van der Waals surface area contributed by atoms with Gasteiger partial charge in [-0.15, -0.1) is 5.10 Å². The third-order valence-corrected chi connectivity index (χ3v) is 3.17. The fraction of sp³-hybridized carbons (Fsp3) is 0.231. The molecule has 0 amide bonds. The molecular formula is C13H14N6. The highest BCUT2D eigenvalue weighted by Gasteiger charge is 2.19. The number of nitrogens with one attached hydrogen (secondary N) is 1. The van der Waals surface area contributed by atoms with Gasteiger partial charge in [0.2, 0.25) is 0 Å². The van der Waals surface area contributed by atoms with Crippen molar-refractivity contribution in [2.45, 2.75) is 6.04 Å². The minimum Gasteiger partial charge on any atom is -0.308 e. The molecule has 2 heterocycles. The molecule has 1 aromatic carbocycles. The summed E-state index contributed by atoms with van der Waals surface area (Å²) in [5.74, 6) is 0. The van der Waals surface area contributed by atoms with E-state index in [-0.39, 0.29) is 6.04 Å². The fourth-order valence-corrected chi connectivity index (χ4v) is 2.27. The van der Waals surface area contributed by atoms with Gasteiger partial charge in [0.05, 0.1) is 29.0 Å². The first-order valence-corrected chi connectivity index (χ1v) is 6.02. The molecule has 1 unspecified atom stereocenters. The first-order valence-electron chi connectivity index (χ1n) is 6.02. The van der Waals surface area contributed by atoms with E-state index in [1.165, 1.54) is 0 Å². The Bertz CT molecular complexity index is 700. The second kappa shape index (κ2) is 4.74. The topological polar surface area (TPSA) is 68.5 Å². The summed E-state index contributed by atoms with van der Waals surface area (Å²) in [6.45, 7) is 0. The number of aryl methyl sites for hydroxylation is 1. The number of benzene rings is 1. The maximum atomic E-state index is 4.44. The highest BCUT2D eigenvalue weighted by atomic mass is 15.4. The van der Waals surface area contributed by atoms with Crippen molar-refractivity contribution >= 4 is 11.0 Å². The van der Waals surface area contributed by atoms with E-state index >= 15 is 0 Å². The molecule has 0 aliphatic carbocycles. The minimum absolute atomic E-state index is 0.0135. The van der Waals surface area contributed by atoms with E-state index in [1.54, 1.807) is 23.3 Å². The Labute approximate surface area is 110 Å². The van der Waals surface area contributed by atoms with Gasteiger partial charge < -0.3 is 5.32 Å². The third-order valence-electron chi connectivity index (χ3n) is 3.17. The van der Waals surface area contributed by atoms with Gasteiger partial charge in [-0.1, -0.05) is 17.3 Å². The highest BCUT2D eigenvalue weighted by molar-refractivity contribution is 5.78. The fourth-order valence-electron chi connectivity index (χ4n) is 2.27. The number of hydrogen-bond donors (Lipinski definition) is 1. The lowest BCUT2D eigenvalue weighted by molar-refractivity contribution is 0.600. The van der Waals surface area contributed by atoms with Crippen molar-refractivity contribution in [2.24, 2.45) is 7.05 Å². The van der Waals surface area contributed by atoms with Crippen LogP contribution in [0.1, 0.15) is 17.3 Å². The van der Waals surface area contributed by atoms with Gasteiger partial charge in [0.15, 0.2) is 0 Å². The van der Waals surface area contributed by atoms with Crippen molar-refractivity contribution in [1.29, 1.82) is 0 Å². The minimum atomic E-state index is -0.0135. The summed E-state index contributed by atoms with van der Waals surface area (Å²) in [4.78, 5) is 8.77. The molecule has 0 saturated heterocycles. The molecule has 96 valence electrons. The van der Waals surface area contributed by atoms with Crippen LogP contribution < -0.4 is 5.32 Å². The second-order valence-electron chi connectivity index (χ2n) is 4.28. The van der Waals surface area contributed by atoms with Crippen LogP contribution in [0.5, 0.6) is 0 Å². The van der Waals surface area contributed by atoms with Crippen molar-refractivity contribution in [3.05, 3.63) is 48.0 Å². The van der Waals surface area contributed by atoms with Gasteiger partial charge in [-0.25, -0.2) is 0 Å². The summed E-state index contributed by atoms with van der Waals surface area (Å²) in [6.07, 6.45) is 5.17. The lowest BCUT2D eigenvalue weighted by Gasteiger charge is -2.17. The van der Waals surface area contributed by atoms with Crippen molar-refractivity contribution in [1.82, 2.24) is 30.3 Å². The van der Waals surface area contributed by atoms with Crippen LogP contribution in [-0.4, -0.2) is 32.0 Å². The van der Waals surface area contributed by atoms with Crippen LogP contribution in [0, 0.1) is 0 Å². The molecule has 19 heavy (non-hydrogen) atoms. The molecule has 2 aromatic heterocycles. The average molecular weight is 254 g/mol. The van der Waals surface area contributed by atoms with Crippen molar-refractivity contribution < 1.29 is 0 Å². The normalized spacial score (nSPS) is 12.7. The van der Waals surface area contributed by atoms with E-state index in [9.17, 15) is 0 Å². The SMILES string of the molecule is CNC(c1cccc2nccnc12)c1cnnn1C. The molecule has 3 rings (SSSR count). The Balaban J connectivity index is 2.20. The molecule has 0 aliphatic heterocycles. The van der Waals surface area contributed by atoms with E-state index in [2.05, 4.69) is 25.6 Å². The summed E-state index contributed by atoms with van der Waals surface area (Å²) in [7, 11) is 3.79. The average Bonchev–Trinajstić information content (AvgIpc) is 2.86. The van der Waals surface area contributed by atoms with Gasteiger partial charge in [0.1, 0.15) is 0 Å². The Morgan fingerprint density at radius 1 is 1.21 bits per heavy atom. The first kappa shape index (κ1) is 11.7. The molecule has 1 atom stereocenters. The summed E-state index contributed by atoms with van der Waals surface area (Å²) >= 11 is 0. The summed E-state index contributed by atoms with van der Waals surface area (Å²) in [5, 5.41) is 11.2. The standard InChI is InChI=1S/C13H14N6/c1-14-13(11-8-17-18-19(11)2)9-4-3-5-10-12(9)16-7-6-15-10/h3-8,13-14H,1-2H3. The third kappa shape index (κ3) is 1.96. The lowest BCUT2D eigenvalue weighted by Crippen LogP contribution is -2.21. The van der Waals surface area contributed by atoms with Gasteiger partial charge in [-0.2, -0.15) is 0 Å².